The molecule has 0 amide bonds. The first-order valence-electron chi connectivity index (χ1n) is 7.71. The van der Waals surface area contributed by atoms with E-state index >= 15 is 0 Å². The molecule has 0 spiro atoms. The molecule has 1 saturated heterocycles. The van der Waals surface area contributed by atoms with Gasteiger partial charge in [-0.25, -0.2) is 0 Å². The lowest BCUT2D eigenvalue weighted by molar-refractivity contribution is -0.385. The molecule has 5 nitrogen and oxygen atoms in total. The predicted octanol–water partition coefficient (Wildman–Crippen LogP) is 2.72. The Morgan fingerprint density at radius 2 is 2.10 bits per heavy atom. The van der Waals surface area contributed by atoms with Crippen LogP contribution in [0.3, 0.4) is 0 Å². The normalized spacial score (nSPS) is 17.0. The highest BCUT2D eigenvalue weighted by Crippen LogP contribution is 2.25. The number of nitro groups is 1. The zero-order chi connectivity index (χ0) is 15.2. The van der Waals surface area contributed by atoms with E-state index in [0.29, 0.717) is 0 Å². The lowest BCUT2D eigenvalue weighted by Crippen LogP contribution is -2.34. The van der Waals surface area contributed by atoms with Crippen molar-refractivity contribution in [2.75, 3.05) is 26.7 Å². The van der Waals surface area contributed by atoms with Gasteiger partial charge in [0.05, 0.1) is 4.92 Å². The Balaban J connectivity index is 1.92. The number of likely N-dealkylation sites (tertiary alicyclic amines) is 1. The van der Waals surface area contributed by atoms with Crippen LogP contribution in [0.4, 0.5) is 5.69 Å². The molecule has 1 aromatic rings. The van der Waals surface area contributed by atoms with E-state index < -0.39 is 0 Å². The summed E-state index contributed by atoms with van der Waals surface area (Å²) in [4.78, 5) is 13.1. The molecular weight excluding hydrogens is 266 g/mol. The van der Waals surface area contributed by atoms with Crippen molar-refractivity contribution in [3.63, 3.8) is 0 Å². The molecular formula is C16H25N3O2. The first-order valence-corrected chi connectivity index (χ1v) is 7.71. The maximum Gasteiger partial charge on any atom is 0.272 e. The molecule has 0 saturated carbocycles. The van der Waals surface area contributed by atoms with Gasteiger partial charge in [-0.1, -0.05) is 12.1 Å². The fourth-order valence-electron chi connectivity index (χ4n) is 3.06. The van der Waals surface area contributed by atoms with Gasteiger partial charge in [-0.15, -0.1) is 0 Å². The van der Waals surface area contributed by atoms with Crippen molar-refractivity contribution >= 4 is 5.69 Å². The van der Waals surface area contributed by atoms with Crippen LogP contribution < -0.4 is 5.32 Å². The van der Waals surface area contributed by atoms with E-state index in [1.165, 1.54) is 19.3 Å². The average molecular weight is 291 g/mol. The zero-order valence-electron chi connectivity index (χ0n) is 13.0. The van der Waals surface area contributed by atoms with Crippen LogP contribution in [0.25, 0.3) is 0 Å². The van der Waals surface area contributed by atoms with E-state index in [-0.39, 0.29) is 10.6 Å². The van der Waals surface area contributed by atoms with Gasteiger partial charge in [0.2, 0.25) is 0 Å². The molecule has 0 unspecified atom stereocenters. The molecule has 0 bridgehead atoms. The summed E-state index contributed by atoms with van der Waals surface area (Å²) in [5.74, 6) is 0.819. The number of piperidine rings is 1. The van der Waals surface area contributed by atoms with Crippen molar-refractivity contribution in [2.24, 2.45) is 5.92 Å². The number of hydrogen-bond donors (Lipinski definition) is 1. The molecule has 5 heteroatoms. The summed E-state index contributed by atoms with van der Waals surface area (Å²) in [7, 11) is 2.00. The van der Waals surface area contributed by atoms with Crippen molar-refractivity contribution in [1.29, 1.82) is 0 Å². The molecule has 0 atom stereocenters. The largest absolute Gasteiger partial charge is 0.320 e. The summed E-state index contributed by atoms with van der Waals surface area (Å²) in [6.45, 7) is 5.96. The highest BCUT2D eigenvalue weighted by molar-refractivity contribution is 5.44. The van der Waals surface area contributed by atoms with Gasteiger partial charge in [0.25, 0.3) is 5.69 Å². The predicted molar refractivity (Wildman–Crippen MR) is 84.4 cm³/mol. The second-order valence-electron chi connectivity index (χ2n) is 5.93. The van der Waals surface area contributed by atoms with Crippen LogP contribution in [0.15, 0.2) is 18.2 Å². The van der Waals surface area contributed by atoms with Crippen LogP contribution in [0.5, 0.6) is 0 Å². The van der Waals surface area contributed by atoms with Gasteiger partial charge in [0.15, 0.2) is 0 Å². The molecule has 1 aliphatic heterocycles. The summed E-state index contributed by atoms with van der Waals surface area (Å²) in [6.07, 6.45) is 3.71. The zero-order valence-corrected chi connectivity index (χ0v) is 13.0. The smallest absolute Gasteiger partial charge is 0.272 e. The van der Waals surface area contributed by atoms with E-state index in [1.807, 2.05) is 20.0 Å². The Bertz CT molecular complexity index is 482. The maximum absolute atomic E-state index is 11.0. The summed E-state index contributed by atoms with van der Waals surface area (Å²) in [5.41, 5.74) is 2.12. The molecule has 1 aromatic carbocycles. The van der Waals surface area contributed by atoms with E-state index in [2.05, 4.69) is 10.2 Å². The second-order valence-corrected chi connectivity index (χ2v) is 5.93. The lowest BCUT2D eigenvalue weighted by Gasteiger charge is -2.32. The minimum absolute atomic E-state index is 0.233. The second kappa shape index (κ2) is 7.52. The monoisotopic (exact) mass is 291 g/mol. The molecule has 1 heterocycles. The summed E-state index contributed by atoms with van der Waals surface area (Å²) >= 11 is 0. The molecule has 1 N–H and O–H groups in total. The molecule has 0 radical (unpaired) electrons. The Labute approximate surface area is 126 Å². The van der Waals surface area contributed by atoms with Crippen LogP contribution in [-0.2, 0) is 6.54 Å². The Morgan fingerprint density at radius 3 is 2.71 bits per heavy atom. The average Bonchev–Trinajstić information content (AvgIpc) is 2.48. The van der Waals surface area contributed by atoms with Crippen LogP contribution in [0.1, 0.15) is 30.4 Å². The van der Waals surface area contributed by atoms with Gasteiger partial charge in [-0.3, -0.25) is 15.0 Å². The highest BCUT2D eigenvalue weighted by Gasteiger charge is 2.20. The maximum atomic E-state index is 11.0. The molecule has 2 rings (SSSR count). The van der Waals surface area contributed by atoms with Gasteiger partial charge < -0.3 is 5.32 Å². The topological polar surface area (TPSA) is 58.4 Å². The van der Waals surface area contributed by atoms with Crippen LogP contribution in [0.2, 0.25) is 0 Å². The van der Waals surface area contributed by atoms with Gasteiger partial charge in [0.1, 0.15) is 0 Å². The fraction of sp³-hybridized carbons (Fsp3) is 0.625. The Morgan fingerprint density at radius 1 is 1.38 bits per heavy atom. The standard InChI is InChI=1S/C16H25N3O2/c1-13-15(4-3-5-16(13)19(20)21)12-18-10-7-14(8-11-18)6-9-17-2/h3-5,14,17H,6-12H2,1-2H3. The fourth-order valence-corrected chi connectivity index (χ4v) is 3.06. The highest BCUT2D eigenvalue weighted by atomic mass is 16.6. The van der Waals surface area contributed by atoms with E-state index in [1.54, 1.807) is 12.1 Å². The van der Waals surface area contributed by atoms with Crippen LogP contribution >= 0.6 is 0 Å². The van der Waals surface area contributed by atoms with Crippen molar-refractivity contribution in [3.05, 3.63) is 39.4 Å². The number of hydrogen-bond acceptors (Lipinski definition) is 4. The number of nitrogens with zero attached hydrogens (tertiary/aromatic N) is 2. The quantitative estimate of drug-likeness (QED) is 0.647. The minimum Gasteiger partial charge on any atom is -0.320 e. The number of nitrogens with one attached hydrogen (secondary N) is 1. The molecule has 21 heavy (non-hydrogen) atoms. The van der Waals surface area contributed by atoms with E-state index in [9.17, 15) is 10.1 Å². The molecule has 1 fully saturated rings. The number of benzene rings is 1. The van der Waals surface area contributed by atoms with E-state index in [0.717, 1.165) is 43.2 Å². The molecule has 0 aliphatic carbocycles. The number of rotatable bonds is 6. The molecule has 1 aliphatic rings. The van der Waals surface area contributed by atoms with E-state index in [4.69, 9.17) is 0 Å². The van der Waals surface area contributed by atoms with Crippen LogP contribution in [0, 0.1) is 23.0 Å². The minimum atomic E-state index is -0.289. The summed E-state index contributed by atoms with van der Waals surface area (Å²) in [6, 6.07) is 5.39. The van der Waals surface area contributed by atoms with Crippen molar-refractivity contribution in [3.8, 4) is 0 Å². The molecule has 0 aromatic heterocycles. The van der Waals surface area contributed by atoms with Gasteiger partial charge in [-0.2, -0.15) is 0 Å². The Kier molecular flexibility index (Phi) is 5.70. The Hall–Kier alpha value is -1.46. The SMILES string of the molecule is CNCCC1CCN(Cc2cccc([N+](=O)[O-])c2C)CC1. The van der Waals surface area contributed by atoms with Gasteiger partial charge >= 0.3 is 0 Å². The van der Waals surface area contributed by atoms with Crippen LogP contribution in [-0.4, -0.2) is 36.5 Å². The van der Waals surface area contributed by atoms with Gasteiger partial charge in [0, 0.05) is 18.2 Å². The third kappa shape index (κ3) is 4.25. The lowest BCUT2D eigenvalue weighted by atomic mass is 9.93. The van der Waals surface area contributed by atoms with Crippen molar-refractivity contribution < 1.29 is 4.92 Å². The third-order valence-electron chi connectivity index (χ3n) is 4.52. The van der Waals surface area contributed by atoms with Crippen molar-refractivity contribution in [1.82, 2.24) is 10.2 Å². The summed E-state index contributed by atoms with van der Waals surface area (Å²) in [5, 5.41) is 14.2. The van der Waals surface area contributed by atoms with Gasteiger partial charge in [-0.05, 0) is 64.3 Å². The first-order chi connectivity index (χ1) is 10.1. The van der Waals surface area contributed by atoms with Crippen molar-refractivity contribution in [2.45, 2.75) is 32.7 Å². The molecule has 116 valence electrons. The summed E-state index contributed by atoms with van der Waals surface area (Å²) < 4.78 is 0. The third-order valence-corrected chi connectivity index (χ3v) is 4.52. The first kappa shape index (κ1) is 15.9. The number of nitro benzene ring substituents is 1.